The van der Waals surface area contributed by atoms with Gasteiger partial charge in [0.25, 0.3) is 0 Å². The molecule has 0 amide bonds. The summed E-state index contributed by atoms with van der Waals surface area (Å²) in [6.07, 6.45) is -2.75. The molecular weight excluding hydrogens is 306 g/mol. The van der Waals surface area contributed by atoms with Crippen molar-refractivity contribution in [2.24, 2.45) is 0 Å². The molecule has 0 spiro atoms. The van der Waals surface area contributed by atoms with Gasteiger partial charge in [-0.25, -0.2) is 4.98 Å². The van der Waals surface area contributed by atoms with Crippen molar-refractivity contribution in [2.45, 2.75) is 19.0 Å². The first-order chi connectivity index (χ1) is 10.4. The summed E-state index contributed by atoms with van der Waals surface area (Å²) in [5, 5.41) is 8.60. The number of rotatable bonds is 5. The SMILES string of the molecule is O=C(O)CCCN1CCN(c2ccc(C(F)(F)F)cn2)CC1.[LiH]. The van der Waals surface area contributed by atoms with Gasteiger partial charge in [-0.15, -0.1) is 0 Å². The predicted molar refractivity (Wildman–Crippen MR) is 81.9 cm³/mol. The molecule has 1 aliphatic rings. The van der Waals surface area contributed by atoms with Crippen LogP contribution in [0, 0.1) is 0 Å². The number of aromatic nitrogens is 1. The number of aliphatic carboxylic acids is 1. The van der Waals surface area contributed by atoms with Crippen molar-refractivity contribution in [3.05, 3.63) is 23.9 Å². The Balaban J connectivity index is 0.00000264. The molecule has 1 fully saturated rings. The molecule has 1 aliphatic heterocycles. The Labute approximate surface area is 144 Å². The van der Waals surface area contributed by atoms with Crippen LogP contribution in [0.3, 0.4) is 0 Å². The molecule has 0 unspecified atom stereocenters. The van der Waals surface area contributed by atoms with Gasteiger partial charge in [0.2, 0.25) is 0 Å². The van der Waals surface area contributed by atoms with Crippen LogP contribution in [0.15, 0.2) is 18.3 Å². The van der Waals surface area contributed by atoms with Crippen molar-refractivity contribution in [1.82, 2.24) is 9.88 Å². The fraction of sp³-hybridized carbons (Fsp3) is 0.571. The molecule has 9 heteroatoms. The number of alkyl halides is 3. The molecule has 2 rings (SSSR count). The van der Waals surface area contributed by atoms with E-state index < -0.39 is 17.7 Å². The number of piperazine rings is 1. The summed E-state index contributed by atoms with van der Waals surface area (Å²) in [7, 11) is 0. The molecule has 0 radical (unpaired) electrons. The van der Waals surface area contributed by atoms with E-state index >= 15 is 0 Å². The van der Waals surface area contributed by atoms with Gasteiger partial charge in [0.05, 0.1) is 5.56 Å². The van der Waals surface area contributed by atoms with Crippen LogP contribution in [-0.2, 0) is 11.0 Å². The van der Waals surface area contributed by atoms with Crippen LogP contribution >= 0.6 is 0 Å². The summed E-state index contributed by atoms with van der Waals surface area (Å²) < 4.78 is 37.5. The third-order valence-electron chi connectivity index (χ3n) is 3.64. The minimum atomic E-state index is -4.37. The summed E-state index contributed by atoms with van der Waals surface area (Å²) in [5.74, 6) is -0.259. The topological polar surface area (TPSA) is 56.7 Å². The number of carboxylic acids is 1. The van der Waals surface area contributed by atoms with Gasteiger partial charge in [0.15, 0.2) is 0 Å². The second-order valence-corrected chi connectivity index (χ2v) is 5.23. The molecule has 0 saturated carbocycles. The van der Waals surface area contributed by atoms with Crippen molar-refractivity contribution in [2.75, 3.05) is 37.6 Å². The van der Waals surface area contributed by atoms with Crippen molar-refractivity contribution in [1.29, 1.82) is 0 Å². The molecule has 1 aromatic rings. The summed E-state index contributed by atoms with van der Waals surface area (Å²) in [6, 6.07) is 2.43. The van der Waals surface area contributed by atoms with Crippen molar-refractivity contribution in [3.8, 4) is 0 Å². The van der Waals surface area contributed by atoms with Crippen LogP contribution in [0.5, 0.6) is 0 Å². The van der Waals surface area contributed by atoms with Crippen molar-refractivity contribution < 1.29 is 23.1 Å². The van der Waals surface area contributed by atoms with Crippen LogP contribution < -0.4 is 4.90 Å². The molecule has 23 heavy (non-hydrogen) atoms. The molecule has 1 aromatic heterocycles. The third-order valence-corrected chi connectivity index (χ3v) is 3.64. The first-order valence-electron chi connectivity index (χ1n) is 7.08. The van der Waals surface area contributed by atoms with Gasteiger partial charge in [0, 0.05) is 38.8 Å². The van der Waals surface area contributed by atoms with Gasteiger partial charge < -0.3 is 10.0 Å². The van der Waals surface area contributed by atoms with Crippen LogP contribution in [0.2, 0.25) is 0 Å². The van der Waals surface area contributed by atoms with Crippen molar-refractivity contribution >= 4 is 30.6 Å². The van der Waals surface area contributed by atoms with Crippen LogP contribution in [0.25, 0.3) is 0 Å². The van der Waals surface area contributed by atoms with Gasteiger partial charge in [-0.3, -0.25) is 9.69 Å². The van der Waals surface area contributed by atoms with E-state index in [-0.39, 0.29) is 25.3 Å². The number of nitrogens with zero attached hydrogens (tertiary/aromatic N) is 3. The Morgan fingerprint density at radius 3 is 2.35 bits per heavy atom. The predicted octanol–water partition coefficient (Wildman–Crippen LogP) is 1.44. The fourth-order valence-electron chi connectivity index (χ4n) is 2.40. The van der Waals surface area contributed by atoms with Gasteiger partial charge >= 0.3 is 31.0 Å². The molecule has 0 aliphatic carbocycles. The van der Waals surface area contributed by atoms with E-state index in [1.807, 2.05) is 4.90 Å². The number of carbonyl (C=O) groups is 1. The van der Waals surface area contributed by atoms with E-state index in [4.69, 9.17) is 5.11 Å². The van der Waals surface area contributed by atoms with Gasteiger partial charge in [-0.2, -0.15) is 13.2 Å². The molecule has 0 atom stereocenters. The average molecular weight is 325 g/mol. The van der Waals surface area contributed by atoms with Crippen LogP contribution in [-0.4, -0.2) is 72.5 Å². The molecule has 0 aromatic carbocycles. The minimum absolute atomic E-state index is 0. The molecule has 2 heterocycles. The molecular formula is C14H19F3LiN3O2. The Morgan fingerprint density at radius 1 is 1.22 bits per heavy atom. The van der Waals surface area contributed by atoms with Gasteiger partial charge in [0.1, 0.15) is 5.82 Å². The van der Waals surface area contributed by atoms with E-state index in [0.717, 1.165) is 31.9 Å². The summed E-state index contributed by atoms with van der Waals surface area (Å²) in [5.41, 5.74) is -0.747. The number of pyridine rings is 1. The van der Waals surface area contributed by atoms with Gasteiger partial charge in [-0.05, 0) is 25.1 Å². The zero-order valence-electron chi connectivity index (χ0n) is 12.0. The summed E-state index contributed by atoms with van der Waals surface area (Å²) >= 11 is 0. The number of hydrogen-bond donors (Lipinski definition) is 1. The zero-order valence-corrected chi connectivity index (χ0v) is 12.0. The second kappa shape index (κ2) is 8.57. The number of halogens is 3. The first-order valence-corrected chi connectivity index (χ1v) is 7.08. The summed E-state index contributed by atoms with van der Waals surface area (Å²) in [6.45, 7) is 3.57. The Bertz CT molecular complexity index is 503. The Kier molecular flexibility index (Phi) is 7.38. The number of carboxylic acid groups (broad SMARTS) is 1. The molecule has 124 valence electrons. The summed E-state index contributed by atoms with van der Waals surface area (Å²) in [4.78, 5) is 18.4. The third kappa shape index (κ3) is 6.05. The monoisotopic (exact) mass is 325 g/mol. The van der Waals surface area contributed by atoms with Crippen LogP contribution in [0.4, 0.5) is 19.0 Å². The normalized spacial score (nSPS) is 16.0. The first kappa shape index (κ1) is 19.8. The van der Waals surface area contributed by atoms with E-state index in [9.17, 15) is 18.0 Å². The van der Waals surface area contributed by atoms with E-state index in [0.29, 0.717) is 25.3 Å². The molecule has 0 bridgehead atoms. The fourth-order valence-corrected chi connectivity index (χ4v) is 2.40. The second-order valence-electron chi connectivity index (χ2n) is 5.23. The Hall–Kier alpha value is -1.23. The maximum absolute atomic E-state index is 12.5. The number of hydrogen-bond acceptors (Lipinski definition) is 4. The van der Waals surface area contributed by atoms with Gasteiger partial charge in [-0.1, -0.05) is 0 Å². The molecule has 5 nitrogen and oxygen atoms in total. The quantitative estimate of drug-likeness (QED) is 0.830. The zero-order chi connectivity index (χ0) is 16.2. The van der Waals surface area contributed by atoms with Crippen molar-refractivity contribution in [3.63, 3.8) is 0 Å². The van der Waals surface area contributed by atoms with E-state index in [1.54, 1.807) is 0 Å². The standard InChI is InChI=1S/C14H18F3N3O2.Li.H/c15-14(16,17)11-3-4-12(18-10-11)20-8-6-19(7-9-20)5-1-2-13(21)22;;/h3-4,10H,1-2,5-9H2,(H,21,22);;. The Morgan fingerprint density at radius 2 is 1.87 bits per heavy atom. The number of anilines is 1. The average Bonchev–Trinajstić information content (AvgIpc) is 2.47. The maximum atomic E-state index is 12.5. The molecule has 1 saturated heterocycles. The van der Waals surface area contributed by atoms with Crippen LogP contribution in [0.1, 0.15) is 18.4 Å². The van der Waals surface area contributed by atoms with E-state index in [1.165, 1.54) is 6.07 Å². The van der Waals surface area contributed by atoms with E-state index in [2.05, 4.69) is 9.88 Å². The molecule has 1 N–H and O–H groups in total.